The van der Waals surface area contributed by atoms with Crippen LogP contribution in [0.25, 0.3) is 6.08 Å². The summed E-state index contributed by atoms with van der Waals surface area (Å²) in [6, 6.07) is 18.6. The smallest absolute Gasteiger partial charge is 0.228 e. The minimum atomic E-state index is -1.20. The predicted octanol–water partition coefficient (Wildman–Crippen LogP) is 5.70. The van der Waals surface area contributed by atoms with Crippen molar-refractivity contribution in [3.05, 3.63) is 111 Å². The van der Waals surface area contributed by atoms with E-state index in [1.807, 2.05) is 38.1 Å². The third kappa shape index (κ3) is 5.52. The van der Waals surface area contributed by atoms with Crippen LogP contribution in [0.15, 0.2) is 72.8 Å². The van der Waals surface area contributed by atoms with Crippen LogP contribution >= 0.6 is 0 Å². The lowest BCUT2D eigenvalue weighted by Crippen LogP contribution is -2.48. The fourth-order valence-corrected chi connectivity index (χ4v) is 5.29. The van der Waals surface area contributed by atoms with Gasteiger partial charge in [0.15, 0.2) is 5.78 Å². The van der Waals surface area contributed by atoms with E-state index in [2.05, 4.69) is 0 Å². The fraction of sp³-hybridized carbons (Fsp3) is 0.290. The lowest BCUT2D eigenvalue weighted by atomic mass is 9.64. The molecule has 7 heteroatoms. The first-order chi connectivity index (χ1) is 18.2. The first-order valence-corrected chi connectivity index (χ1v) is 12.5. The van der Waals surface area contributed by atoms with E-state index >= 15 is 0 Å². The van der Waals surface area contributed by atoms with Gasteiger partial charge in [-0.1, -0.05) is 60.2 Å². The average Bonchev–Trinajstić information content (AvgIpc) is 2.92. The van der Waals surface area contributed by atoms with Crippen molar-refractivity contribution in [3.63, 3.8) is 0 Å². The first kappa shape index (κ1) is 26.8. The molecule has 196 valence electrons. The molecule has 0 heterocycles. The Hall–Kier alpha value is -4.26. The first-order valence-electron chi connectivity index (χ1n) is 12.5. The number of aryl methyl sites for hydroxylation is 2. The average molecular weight is 514 g/mol. The van der Waals surface area contributed by atoms with E-state index in [1.165, 1.54) is 13.2 Å². The second-order valence-electron chi connectivity index (χ2n) is 9.70. The van der Waals surface area contributed by atoms with E-state index in [0.29, 0.717) is 22.6 Å². The summed E-state index contributed by atoms with van der Waals surface area (Å²) in [7, 11) is 3.07. The second kappa shape index (κ2) is 11.4. The number of nitro groups is 1. The maximum absolute atomic E-state index is 13.6. The highest BCUT2D eigenvalue weighted by atomic mass is 16.6. The third-order valence-corrected chi connectivity index (χ3v) is 7.34. The monoisotopic (exact) mass is 513 g/mol. The number of carbonyl (C=O) groups excluding carboxylic acids is 2. The summed E-state index contributed by atoms with van der Waals surface area (Å²) in [6.07, 6.45) is 2.92. The molecular weight excluding hydrogens is 482 g/mol. The summed E-state index contributed by atoms with van der Waals surface area (Å²) in [6.45, 7) is 3.84. The Labute approximate surface area is 222 Å². The maximum Gasteiger partial charge on any atom is 0.228 e. The van der Waals surface area contributed by atoms with Crippen molar-refractivity contribution in [3.8, 4) is 11.5 Å². The molecule has 0 N–H and O–H groups in total. The normalized spacial score (nSPS) is 21.3. The number of ketones is 2. The Bertz CT molecular complexity index is 1360. The van der Waals surface area contributed by atoms with Crippen LogP contribution in [0.5, 0.6) is 11.5 Å². The van der Waals surface area contributed by atoms with E-state index in [-0.39, 0.29) is 17.1 Å². The largest absolute Gasteiger partial charge is 0.497 e. The second-order valence-corrected chi connectivity index (χ2v) is 9.70. The van der Waals surface area contributed by atoms with Gasteiger partial charge in [-0.25, -0.2) is 0 Å². The highest BCUT2D eigenvalue weighted by molar-refractivity contribution is 6.10. The van der Waals surface area contributed by atoms with Gasteiger partial charge >= 0.3 is 0 Å². The van der Waals surface area contributed by atoms with Crippen LogP contribution in [0.4, 0.5) is 0 Å². The molecule has 1 saturated carbocycles. The van der Waals surface area contributed by atoms with Gasteiger partial charge in [-0.15, -0.1) is 0 Å². The highest BCUT2D eigenvalue weighted by Gasteiger charge is 2.54. The molecule has 0 amide bonds. The van der Waals surface area contributed by atoms with E-state index in [9.17, 15) is 19.7 Å². The number of Topliss-reactive ketones (excluding diaryl/α,β-unsaturated/α-hetero) is 1. The molecule has 4 atom stereocenters. The van der Waals surface area contributed by atoms with Crippen molar-refractivity contribution >= 4 is 17.6 Å². The zero-order chi connectivity index (χ0) is 27.4. The molecule has 0 saturated heterocycles. The Morgan fingerprint density at radius 2 is 1.61 bits per heavy atom. The zero-order valence-corrected chi connectivity index (χ0v) is 21.9. The summed E-state index contributed by atoms with van der Waals surface area (Å²) < 4.78 is 10.7. The minimum absolute atomic E-state index is 0.105. The topological polar surface area (TPSA) is 95.7 Å². The van der Waals surface area contributed by atoms with Gasteiger partial charge in [-0.3, -0.25) is 19.7 Å². The lowest BCUT2D eigenvalue weighted by molar-refractivity contribution is -0.533. The van der Waals surface area contributed by atoms with Crippen molar-refractivity contribution in [2.75, 3.05) is 14.2 Å². The molecule has 7 nitrogen and oxygen atoms in total. The van der Waals surface area contributed by atoms with Crippen LogP contribution in [0.1, 0.15) is 46.1 Å². The molecule has 4 rings (SSSR count). The summed E-state index contributed by atoms with van der Waals surface area (Å²) >= 11 is 0. The van der Waals surface area contributed by atoms with Crippen LogP contribution in [-0.4, -0.2) is 36.8 Å². The molecule has 0 radical (unpaired) electrons. The number of allylic oxidation sites excluding steroid dienone is 1. The molecule has 0 spiro atoms. The third-order valence-electron chi connectivity index (χ3n) is 7.34. The molecule has 38 heavy (non-hydrogen) atoms. The van der Waals surface area contributed by atoms with Crippen molar-refractivity contribution in [2.24, 2.45) is 5.92 Å². The summed E-state index contributed by atoms with van der Waals surface area (Å²) in [5.41, 5.74) is 3.93. The molecule has 0 bridgehead atoms. The standard InChI is InChI=1S/C31H31NO6/c1-19-5-8-21(9-6-19)10-16-26(33)30-27(34)18-25(22-12-14-24(37-3)15-13-22)31(32(35)36)29(30)23-11-7-20(2)28(17-23)38-4/h5-17,25,29-31H,18H2,1-4H3/b16-10+/t25-,29+,30?,31+/m1/s1. The number of rotatable bonds is 8. The molecular formula is C31H31NO6. The highest BCUT2D eigenvalue weighted by Crippen LogP contribution is 2.46. The summed E-state index contributed by atoms with van der Waals surface area (Å²) in [5.74, 6) is -2.46. The lowest BCUT2D eigenvalue weighted by Gasteiger charge is -2.37. The van der Waals surface area contributed by atoms with Gasteiger partial charge in [0, 0.05) is 11.3 Å². The quantitative estimate of drug-likeness (QED) is 0.166. The van der Waals surface area contributed by atoms with Crippen LogP contribution in [0, 0.1) is 29.9 Å². The van der Waals surface area contributed by atoms with Gasteiger partial charge in [0.2, 0.25) is 6.04 Å². The van der Waals surface area contributed by atoms with Gasteiger partial charge in [0.05, 0.1) is 32.0 Å². The molecule has 1 unspecified atom stereocenters. The molecule has 1 fully saturated rings. The number of nitrogens with zero attached hydrogens (tertiary/aromatic N) is 1. The number of methoxy groups -OCH3 is 2. The van der Waals surface area contributed by atoms with E-state index in [0.717, 1.165) is 16.7 Å². The molecule has 0 aromatic heterocycles. The van der Waals surface area contributed by atoms with E-state index < -0.39 is 29.6 Å². The maximum atomic E-state index is 13.6. The Morgan fingerprint density at radius 1 is 0.947 bits per heavy atom. The minimum Gasteiger partial charge on any atom is -0.497 e. The van der Waals surface area contributed by atoms with Gasteiger partial charge in [0.1, 0.15) is 17.3 Å². The SMILES string of the molecule is COc1ccc([C@H]2CC(=O)C(C(=O)/C=C/c3ccc(C)cc3)[C@H](c3ccc(C)c(OC)c3)[C@H]2[N+](=O)[O-])cc1. The molecule has 1 aliphatic rings. The molecule has 0 aliphatic heterocycles. The number of benzene rings is 3. The van der Waals surface area contributed by atoms with E-state index in [4.69, 9.17) is 9.47 Å². The summed E-state index contributed by atoms with van der Waals surface area (Å²) in [4.78, 5) is 39.5. The van der Waals surface area contributed by atoms with Crippen LogP contribution in [0.3, 0.4) is 0 Å². The van der Waals surface area contributed by atoms with Crippen LogP contribution in [0.2, 0.25) is 0 Å². The number of ether oxygens (including phenoxy) is 2. The fourth-order valence-electron chi connectivity index (χ4n) is 5.29. The zero-order valence-electron chi connectivity index (χ0n) is 21.9. The van der Waals surface area contributed by atoms with Crippen molar-refractivity contribution in [1.82, 2.24) is 0 Å². The Balaban J connectivity index is 1.80. The van der Waals surface area contributed by atoms with Crippen LogP contribution < -0.4 is 9.47 Å². The van der Waals surface area contributed by atoms with E-state index in [1.54, 1.807) is 55.7 Å². The predicted molar refractivity (Wildman–Crippen MR) is 145 cm³/mol. The Kier molecular flexibility index (Phi) is 8.05. The molecule has 1 aliphatic carbocycles. The van der Waals surface area contributed by atoms with Crippen LogP contribution in [-0.2, 0) is 9.59 Å². The van der Waals surface area contributed by atoms with Gasteiger partial charge in [-0.05, 0) is 60.4 Å². The number of carbonyl (C=O) groups is 2. The van der Waals surface area contributed by atoms with Crippen molar-refractivity contribution in [2.45, 2.75) is 38.1 Å². The van der Waals surface area contributed by atoms with Gasteiger partial charge < -0.3 is 9.47 Å². The van der Waals surface area contributed by atoms with Gasteiger partial charge in [0.25, 0.3) is 0 Å². The number of hydrogen-bond acceptors (Lipinski definition) is 6. The summed E-state index contributed by atoms with van der Waals surface area (Å²) in [5, 5.41) is 12.7. The van der Waals surface area contributed by atoms with Crippen molar-refractivity contribution < 1.29 is 24.0 Å². The Morgan fingerprint density at radius 3 is 2.21 bits per heavy atom. The van der Waals surface area contributed by atoms with Crippen molar-refractivity contribution in [1.29, 1.82) is 0 Å². The molecule has 3 aromatic carbocycles. The molecule has 3 aromatic rings. The number of hydrogen-bond donors (Lipinski definition) is 0. The van der Waals surface area contributed by atoms with Gasteiger partial charge in [-0.2, -0.15) is 0 Å².